The van der Waals surface area contributed by atoms with Crippen molar-refractivity contribution < 1.29 is 23.2 Å². The van der Waals surface area contributed by atoms with Gasteiger partial charge in [0.1, 0.15) is 6.04 Å². The van der Waals surface area contributed by atoms with Crippen molar-refractivity contribution in [2.24, 2.45) is 0 Å². The second-order valence-corrected chi connectivity index (χ2v) is 2.95. The first-order valence-corrected chi connectivity index (χ1v) is 3.92. The first kappa shape index (κ1) is 11.6. The topological polar surface area (TPSA) is 82.8 Å². The number of hydrogen-bond acceptors (Lipinski definition) is 3. The third-order valence-electron chi connectivity index (χ3n) is 2.26. The summed E-state index contributed by atoms with van der Waals surface area (Å²) in [5.74, 6) is 3.49. The highest BCUT2D eigenvalue weighted by molar-refractivity contribution is 4.77. The lowest BCUT2D eigenvalue weighted by Crippen LogP contribution is -3.00. The molecule has 0 saturated heterocycles. The van der Waals surface area contributed by atoms with Crippen LogP contribution in [0, 0.1) is 10.1 Å². The number of halogens is 1. The summed E-state index contributed by atoms with van der Waals surface area (Å²) in [4.78, 5) is 10.3. The third-order valence-corrected chi connectivity index (χ3v) is 2.26. The van der Waals surface area contributed by atoms with Crippen molar-refractivity contribution in [1.29, 1.82) is 0 Å². The Morgan fingerprint density at radius 3 is 2.42 bits per heavy atom. The summed E-state index contributed by atoms with van der Waals surface area (Å²) in [6.07, 6.45) is 3.64. The first-order valence-electron chi connectivity index (χ1n) is 3.92. The summed E-state index contributed by atoms with van der Waals surface area (Å²) < 4.78 is 0. The molecule has 0 bridgehead atoms. The van der Waals surface area contributed by atoms with Crippen molar-refractivity contribution in [3.8, 4) is 0 Å². The molecular weight excluding hydrogens is 182 g/mol. The van der Waals surface area contributed by atoms with Gasteiger partial charge in [0, 0.05) is 11.3 Å². The smallest absolute Gasteiger partial charge is 0.233 e. The Hall–Kier alpha value is -0.390. The zero-order valence-electron chi connectivity index (χ0n) is 6.83. The van der Waals surface area contributed by atoms with E-state index in [0.29, 0.717) is 6.42 Å². The van der Waals surface area contributed by atoms with Gasteiger partial charge < -0.3 is 12.4 Å². The predicted molar refractivity (Wildman–Crippen MR) is 39.1 cm³/mol. The van der Waals surface area contributed by atoms with Crippen molar-refractivity contribution in [1.82, 2.24) is 5.43 Å². The van der Waals surface area contributed by atoms with Crippen LogP contribution in [-0.4, -0.2) is 17.0 Å². The summed E-state index contributed by atoms with van der Waals surface area (Å²) in [6.45, 7) is 0. The van der Waals surface area contributed by atoms with Gasteiger partial charge in [-0.05, 0) is 12.8 Å². The van der Waals surface area contributed by atoms with Crippen LogP contribution in [0.3, 0.4) is 0 Å². The Balaban J connectivity index is 0.00000121. The summed E-state index contributed by atoms with van der Waals surface area (Å²) in [5, 5.41) is 10.5. The van der Waals surface area contributed by atoms with Crippen LogP contribution in [-0.2, 0) is 0 Å². The Labute approximate surface area is 77.2 Å². The van der Waals surface area contributed by atoms with E-state index >= 15 is 0 Å². The monoisotopic (exact) mass is 195 g/mol. The molecule has 4 N–H and O–H groups in total. The minimum Gasteiger partial charge on any atom is -1.00 e. The maximum atomic E-state index is 10.5. The second kappa shape index (κ2) is 5.29. The Kier molecular flexibility index (Phi) is 5.12. The highest BCUT2D eigenvalue weighted by Crippen LogP contribution is 2.19. The van der Waals surface area contributed by atoms with Crippen LogP contribution in [0.4, 0.5) is 0 Å². The molecule has 0 aromatic rings. The van der Waals surface area contributed by atoms with Crippen molar-refractivity contribution >= 4 is 0 Å². The van der Waals surface area contributed by atoms with Gasteiger partial charge in [-0.15, -0.1) is 0 Å². The van der Waals surface area contributed by atoms with Crippen LogP contribution in [0.5, 0.6) is 0 Å². The molecule has 1 rings (SSSR count). The van der Waals surface area contributed by atoms with Gasteiger partial charge in [-0.25, -0.2) is 0 Å². The molecule has 1 aliphatic carbocycles. The fourth-order valence-corrected chi connectivity index (χ4v) is 1.60. The summed E-state index contributed by atoms with van der Waals surface area (Å²) in [6, 6.07) is -0.431. The molecule has 0 amide bonds. The van der Waals surface area contributed by atoms with Crippen molar-refractivity contribution in [3.05, 3.63) is 10.1 Å². The molecule has 1 fully saturated rings. The lowest BCUT2D eigenvalue weighted by molar-refractivity contribution is -0.550. The third kappa shape index (κ3) is 2.58. The SMILES string of the molecule is [Cl-].[NH3+]NC1CCCCC1[N+](=O)[O-]. The molecule has 0 aliphatic heterocycles. The molecular formula is C6H14ClN3O2. The van der Waals surface area contributed by atoms with Crippen LogP contribution in [0.25, 0.3) is 0 Å². The van der Waals surface area contributed by atoms with E-state index < -0.39 is 6.04 Å². The minimum atomic E-state index is -0.416. The standard InChI is InChI=1S/C6H13N3O2.ClH/c7-8-5-3-1-2-4-6(5)9(10)11;/h5-6,8H,1-4,7H2;1H. The van der Waals surface area contributed by atoms with Crippen molar-refractivity contribution in [2.45, 2.75) is 37.8 Å². The van der Waals surface area contributed by atoms with E-state index in [0.717, 1.165) is 19.3 Å². The van der Waals surface area contributed by atoms with Gasteiger partial charge in [-0.3, -0.25) is 16.0 Å². The average Bonchev–Trinajstić information content (AvgIpc) is 2.04. The molecule has 0 aromatic carbocycles. The fraction of sp³-hybridized carbons (Fsp3) is 1.00. The van der Waals surface area contributed by atoms with Crippen LogP contribution in [0.1, 0.15) is 25.7 Å². The molecule has 2 unspecified atom stereocenters. The van der Waals surface area contributed by atoms with Crippen molar-refractivity contribution in [3.63, 3.8) is 0 Å². The zero-order valence-corrected chi connectivity index (χ0v) is 7.59. The molecule has 2 atom stereocenters. The number of nitro groups is 1. The summed E-state index contributed by atoms with van der Waals surface area (Å²) >= 11 is 0. The van der Waals surface area contributed by atoms with E-state index in [1.54, 1.807) is 0 Å². The average molecular weight is 196 g/mol. The maximum absolute atomic E-state index is 10.5. The lowest BCUT2D eigenvalue weighted by atomic mass is 9.91. The Bertz CT molecular complexity index is 156. The fourth-order valence-electron chi connectivity index (χ4n) is 1.60. The molecule has 0 radical (unpaired) electrons. The number of rotatable bonds is 2. The van der Waals surface area contributed by atoms with E-state index in [1.807, 2.05) is 0 Å². The lowest BCUT2D eigenvalue weighted by Gasteiger charge is -2.22. The molecule has 5 nitrogen and oxygen atoms in total. The van der Waals surface area contributed by atoms with E-state index in [2.05, 4.69) is 11.3 Å². The van der Waals surface area contributed by atoms with Gasteiger partial charge in [0.15, 0.2) is 0 Å². The molecule has 0 spiro atoms. The largest absolute Gasteiger partial charge is 1.00 e. The second-order valence-electron chi connectivity index (χ2n) is 2.95. The van der Waals surface area contributed by atoms with Gasteiger partial charge in [0.25, 0.3) is 0 Å². The van der Waals surface area contributed by atoms with Crippen LogP contribution in [0.15, 0.2) is 0 Å². The number of nitrogens with one attached hydrogen (secondary N) is 1. The molecule has 6 heteroatoms. The van der Waals surface area contributed by atoms with E-state index in [9.17, 15) is 10.1 Å². The Morgan fingerprint density at radius 2 is 2.00 bits per heavy atom. The van der Waals surface area contributed by atoms with Crippen LogP contribution in [0.2, 0.25) is 0 Å². The number of hydrogen-bond donors (Lipinski definition) is 2. The minimum absolute atomic E-state index is 0. The van der Waals surface area contributed by atoms with Gasteiger partial charge in [0.05, 0.1) is 0 Å². The highest BCUT2D eigenvalue weighted by atomic mass is 35.5. The van der Waals surface area contributed by atoms with Crippen LogP contribution < -0.4 is 23.7 Å². The predicted octanol–water partition coefficient (Wildman–Crippen LogP) is -3.68. The van der Waals surface area contributed by atoms with Crippen LogP contribution >= 0.6 is 0 Å². The molecule has 72 valence electrons. The quantitative estimate of drug-likeness (QED) is 0.352. The Morgan fingerprint density at radius 1 is 1.42 bits per heavy atom. The van der Waals surface area contributed by atoms with E-state index in [-0.39, 0.29) is 23.4 Å². The van der Waals surface area contributed by atoms with Gasteiger partial charge >= 0.3 is 0 Å². The number of quaternary nitrogens is 1. The molecule has 1 saturated carbocycles. The summed E-state index contributed by atoms with van der Waals surface area (Å²) in [7, 11) is 0. The van der Waals surface area contributed by atoms with Gasteiger partial charge in [0.2, 0.25) is 6.04 Å². The summed E-state index contributed by atoms with van der Waals surface area (Å²) in [5.41, 5.74) is 2.74. The first-order chi connectivity index (χ1) is 5.25. The molecule has 0 aromatic heterocycles. The van der Waals surface area contributed by atoms with Gasteiger partial charge in [-0.1, -0.05) is 6.42 Å². The maximum Gasteiger partial charge on any atom is 0.233 e. The molecule has 1 aliphatic rings. The number of nitrogens with zero attached hydrogens (tertiary/aromatic N) is 1. The van der Waals surface area contributed by atoms with E-state index in [4.69, 9.17) is 0 Å². The molecule has 0 heterocycles. The highest BCUT2D eigenvalue weighted by Gasteiger charge is 2.34. The van der Waals surface area contributed by atoms with Crippen molar-refractivity contribution in [2.75, 3.05) is 0 Å². The van der Waals surface area contributed by atoms with Gasteiger partial charge in [-0.2, -0.15) is 5.43 Å². The van der Waals surface area contributed by atoms with E-state index in [1.165, 1.54) is 0 Å². The molecule has 12 heavy (non-hydrogen) atoms. The normalized spacial score (nSPS) is 29.1. The zero-order chi connectivity index (χ0) is 8.27.